The summed E-state index contributed by atoms with van der Waals surface area (Å²) in [5.74, 6) is -0.886. The summed E-state index contributed by atoms with van der Waals surface area (Å²) in [7, 11) is 0. The second kappa shape index (κ2) is 5.14. The van der Waals surface area contributed by atoms with Crippen molar-refractivity contribution in [1.29, 1.82) is 0 Å². The zero-order valence-electron chi connectivity index (χ0n) is 8.51. The van der Waals surface area contributed by atoms with E-state index in [2.05, 4.69) is 11.6 Å². The zero-order chi connectivity index (χ0) is 11.3. The molecule has 0 aliphatic heterocycles. The van der Waals surface area contributed by atoms with Gasteiger partial charge in [-0.3, -0.25) is 0 Å². The van der Waals surface area contributed by atoms with Crippen molar-refractivity contribution in [3.63, 3.8) is 0 Å². The minimum absolute atomic E-state index is 0.0772. The fourth-order valence-corrected chi connectivity index (χ4v) is 1.12. The molecule has 0 amide bonds. The number of aromatic carboxylic acids is 1. The number of ether oxygens (including phenoxy) is 1. The van der Waals surface area contributed by atoms with Gasteiger partial charge in [-0.2, -0.15) is 0 Å². The van der Waals surface area contributed by atoms with E-state index in [9.17, 15) is 4.79 Å². The summed E-state index contributed by atoms with van der Waals surface area (Å²) < 4.78 is 5.38. The highest BCUT2D eigenvalue weighted by Crippen LogP contribution is 2.16. The summed E-state index contributed by atoms with van der Waals surface area (Å²) in [6.07, 6.45) is 3.74. The molecule has 1 atom stereocenters. The lowest BCUT2D eigenvalue weighted by Crippen LogP contribution is -2.14. The van der Waals surface area contributed by atoms with Crippen LogP contribution in [0.1, 0.15) is 23.7 Å². The maximum Gasteiger partial charge on any atom is 0.341 e. The van der Waals surface area contributed by atoms with Crippen LogP contribution in [-0.4, -0.2) is 22.2 Å². The van der Waals surface area contributed by atoms with Gasteiger partial charge in [-0.1, -0.05) is 6.08 Å². The molecule has 1 unspecified atom stereocenters. The van der Waals surface area contributed by atoms with Crippen LogP contribution in [0.4, 0.5) is 0 Å². The van der Waals surface area contributed by atoms with Crippen LogP contribution in [0.3, 0.4) is 0 Å². The number of hydrogen-bond donors (Lipinski definition) is 1. The van der Waals surface area contributed by atoms with E-state index in [1.807, 2.05) is 6.92 Å². The van der Waals surface area contributed by atoms with Crippen LogP contribution >= 0.6 is 0 Å². The fourth-order valence-electron chi connectivity index (χ4n) is 1.12. The van der Waals surface area contributed by atoms with Gasteiger partial charge in [0, 0.05) is 12.6 Å². The average molecular weight is 207 g/mol. The lowest BCUT2D eigenvalue weighted by Gasteiger charge is -2.12. The van der Waals surface area contributed by atoms with E-state index >= 15 is 0 Å². The number of carboxylic acid groups (broad SMARTS) is 1. The summed E-state index contributed by atoms with van der Waals surface area (Å²) >= 11 is 0. The van der Waals surface area contributed by atoms with Crippen LogP contribution < -0.4 is 4.74 Å². The molecule has 0 spiro atoms. The van der Waals surface area contributed by atoms with Gasteiger partial charge in [0.15, 0.2) is 0 Å². The number of hydrogen-bond acceptors (Lipinski definition) is 3. The molecule has 15 heavy (non-hydrogen) atoms. The molecular formula is C11H13NO3. The highest BCUT2D eigenvalue weighted by molar-refractivity contribution is 5.90. The highest BCUT2D eigenvalue weighted by Gasteiger charge is 2.13. The van der Waals surface area contributed by atoms with Gasteiger partial charge in [-0.05, 0) is 19.1 Å². The minimum atomic E-state index is -1.04. The van der Waals surface area contributed by atoms with Gasteiger partial charge < -0.3 is 9.84 Å². The topological polar surface area (TPSA) is 59.4 Å². The first-order valence-corrected chi connectivity index (χ1v) is 4.61. The highest BCUT2D eigenvalue weighted by atomic mass is 16.5. The van der Waals surface area contributed by atoms with Gasteiger partial charge in [-0.25, -0.2) is 9.78 Å². The van der Waals surface area contributed by atoms with Crippen LogP contribution in [0.5, 0.6) is 5.88 Å². The first kappa shape index (κ1) is 11.2. The van der Waals surface area contributed by atoms with Gasteiger partial charge >= 0.3 is 5.97 Å². The van der Waals surface area contributed by atoms with E-state index in [0.717, 1.165) is 0 Å². The molecule has 80 valence electrons. The van der Waals surface area contributed by atoms with Crippen molar-refractivity contribution >= 4 is 5.97 Å². The second-order valence-electron chi connectivity index (χ2n) is 3.11. The Bertz CT molecular complexity index is 363. The molecule has 4 heteroatoms. The third-order valence-corrected chi connectivity index (χ3v) is 1.81. The fraction of sp³-hybridized carbons (Fsp3) is 0.273. The molecule has 0 saturated heterocycles. The second-order valence-corrected chi connectivity index (χ2v) is 3.11. The molecule has 1 rings (SSSR count). The first-order valence-electron chi connectivity index (χ1n) is 4.61. The van der Waals surface area contributed by atoms with Crippen molar-refractivity contribution < 1.29 is 14.6 Å². The normalized spacial score (nSPS) is 11.8. The van der Waals surface area contributed by atoms with E-state index in [0.29, 0.717) is 6.42 Å². The molecule has 0 aliphatic carbocycles. The van der Waals surface area contributed by atoms with Gasteiger partial charge in [0.2, 0.25) is 5.88 Å². The third-order valence-electron chi connectivity index (χ3n) is 1.81. The maximum absolute atomic E-state index is 10.8. The van der Waals surface area contributed by atoms with E-state index in [1.165, 1.54) is 12.3 Å². The number of carbonyl (C=O) groups is 1. The Morgan fingerprint density at radius 1 is 1.80 bits per heavy atom. The Balaban J connectivity index is 2.84. The summed E-state index contributed by atoms with van der Waals surface area (Å²) in [4.78, 5) is 14.7. The smallest absolute Gasteiger partial charge is 0.341 e. The standard InChI is InChI=1S/C11H13NO3/c1-3-5-8(2)15-10-9(11(13)14)6-4-7-12-10/h3-4,6-8H,1,5H2,2H3,(H,13,14). The predicted octanol–water partition coefficient (Wildman–Crippen LogP) is 2.12. The van der Waals surface area contributed by atoms with Gasteiger partial charge in [0.25, 0.3) is 0 Å². The van der Waals surface area contributed by atoms with Gasteiger partial charge in [0.05, 0.1) is 0 Å². The lowest BCUT2D eigenvalue weighted by molar-refractivity contribution is 0.0688. The summed E-state index contributed by atoms with van der Waals surface area (Å²) in [6.45, 7) is 5.42. The predicted molar refractivity (Wildman–Crippen MR) is 56.1 cm³/mol. The third kappa shape index (κ3) is 3.09. The molecule has 0 aliphatic rings. The molecular weight excluding hydrogens is 194 g/mol. The SMILES string of the molecule is C=CCC(C)Oc1ncccc1C(=O)O. The van der Waals surface area contributed by atoms with Crippen molar-refractivity contribution in [2.75, 3.05) is 0 Å². The van der Waals surface area contributed by atoms with Gasteiger partial charge in [-0.15, -0.1) is 6.58 Å². The number of rotatable bonds is 5. The molecule has 1 aromatic heterocycles. The number of nitrogens with zero attached hydrogens (tertiary/aromatic N) is 1. The van der Waals surface area contributed by atoms with Gasteiger partial charge in [0.1, 0.15) is 11.7 Å². The van der Waals surface area contributed by atoms with E-state index in [4.69, 9.17) is 9.84 Å². The average Bonchev–Trinajstić information content (AvgIpc) is 2.18. The van der Waals surface area contributed by atoms with Crippen LogP contribution in [-0.2, 0) is 0 Å². The molecule has 0 fully saturated rings. The summed E-state index contributed by atoms with van der Waals surface area (Å²) in [5.41, 5.74) is 0.0772. The lowest BCUT2D eigenvalue weighted by atomic mass is 10.2. The van der Waals surface area contributed by atoms with Crippen molar-refractivity contribution in [2.24, 2.45) is 0 Å². The molecule has 0 aromatic carbocycles. The molecule has 1 aromatic rings. The summed E-state index contributed by atoms with van der Waals surface area (Å²) in [5, 5.41) is 8.87. The Morgan fingerprint density at radius 3 is 3.13 bits per heavy atom. The minimum Gasteiger partial charge on any atom is -0.477 e. The van der Waals surface area contributed by atoms with E-state index < -0.39 is 5.97 Å². The number of carboxylic acids is 1. The molecule has 0 radical (unpaired) electrons. The Morgan fingerprint density at radius 2 is 2.53 bits per heavy atom. The Kier molecular flexibility index (Phi) is 3.85. The van der Waals surface area contributed by atoms with Crippen LogP contribution in [0.2, 0.25) is 0 Å². The van der Waals surface area contributed by atoms with Crippen molar-refractivity contribution in [2.45, 2.75) is 19.4 Å². The van der Waals surface area contributed by atoms with Crippen molar-refractivity contribution in [1.82, 2.24) is 4.98 Å². The Labute approximate surface area is 88.2 Å². The van der Waals surface area contributed by atoms with Crippen molar-refractivity contribution in [3.05, 3.63) is 36.5 Å². The number of aromatic nitrogens is 1. The van der Waals surface area contributed by atoms with Crippen LogP contribution in [0.15, 0.2) is 31.0 Å². The molecule has 0 bridgehead atoms. The van der Waals surface area contributed by atoms with Crippen molar-refractivity contribution in [3.8, 4) is 5.88 Å². The van der Waals surface area contributed by atoms with E-state index in [1.54, 1.807) is 12.1 Å². The van der Waals surface area contributed by atoms with Crippen LogP contribution in [0.25, 0.3) is 0 Å². The largest absolute Gasteiger partial charge is 0.477 e. The maximum atomic E-state index is 10.8. The molecule has 4 nitrogen and oxygen atoms in total. The molecule has 1 N–H and O–H groups in total. The van der Waals surface area contributed by atoms with Crippen LogP contribution in [0, 0.1) is 0 Å². The monoisotopic (exact) mass is 207 g/mol. The van der Waals surface area contributed by atoms with E-state index in [-0.39, 0.29) is 17.5 Å². The quantitative estimate of drug-likeness (QED) is 0.751. The molecule has 1 heterocycles. The Hall–Kier alpha value is -1.84. The number of pyridine rings is 1. The zero-order valence-corrected chi connectivity index (χ0v) is 8.51. The molecule has 0 saturated carbocycles. The first-order chi connectivity index (χ1) is 7.15. The summed E-state index contributed by atoms with van der Waals surface area (Å²) in [6, 6.07) is 3.03.